The number of nitrogens with zero attached hydrogens (tertiary/aromatic N) is 2. The molecule has 0 amide bonds. The van der Waals surface area contributed by atoms with Crippen molar-refractivity contribution in [2.24, 2.45) is 5.73 Å². The number of anilines is 1. The first-order chi connectivity index (χ1) is 16.6. The van der Waals surface area contributed by atoms with Gasteiger partial charge >= 0.3 is 5.97 Å². The van der Waals surface area contributed by atoms with Gasteiger partial charge in [0, 0.05) is 22.6 Å². The number of esters is 1. The van der Waals surface area contributed by atoms with Crippen molar-refractivity contribution >= 4 is 28.1 Å². The monoisotopic (exact) mass is 473 g/mol. The van der Waals surface area contributed by atoms with E-state index in [0.29, 0.717) is 46.8 Å². The van der Waals surface area contributed by atoms with Gasteiger partial charge in [0.05, 0.1) is 29.7 Å². The Hall–Kier alpha value is -3.37. The number of rotatable bonds is 4. The number of benzene rings is 1. The summed E-state index contributed by atoms with van der Waals surface area (Å²) in [7, 11) is 0. The van der Waals surface area contributed by atoms with E-state index < -0.39 is 5.92 Å². The van der Waals surface area contributed by atoms with Crippen molar-refractivity contribution in [2.75, 3.05) is 11.5 Å². The molecule has 0 saturated heterocycles. The number of nitrogens with two attached hydrogens (primary N) is 1. The predicted octanol–water partition coefficient (Wildman–Crippen LogP) is 5.11. The van der Waals surface area contributed by atoms with Gasteiger partial charge in [-0.25, -0.2) is 4.79 Å². The van der Waals surface area contributed by atoms with Crippen LogP contribution in [-0.4, -0.2) is 18.4 Å². The van der Waals surface area contributed by atoms with Crippen LogP contribution in [0.3, 0.4) is 0 Å². The van der Waals surface area contributed by atoms with E-state index in [1.807, 2.05) is 35.2 Å². The van der Waals surface area contributed by atoms with E-state index in [0.717, 1.165) is 42.5 Å². The summed E-state index contributed by atoms with van der Waals surface area (Å²) in [6, 6.07) is 11.9. The number of carbonyl (C=O) groups is 2. The number of hydrogen-bond acceptors (Lipinski definition) is 7. The zero-order valence-electron chi connectivity index (χ0n) is 19.2. The van der Waals surface area contributed by atoms with Gasteiger partial charge in [0.25, 0.3) is 0 Å². The first kappa shape index (κ1) is 22.4. The van der Waals surface area contributed by atoms with Crippen LogP contribution in [0.1, 0.15) is 71.3 Å². The molecule has 1 atom stereocenters. The van der Waals surface area contributed by atoms with E-state index in [1.54, 1.807) is 18.3 Å². The number of Topliss-reactive ketones (excluding diaryl/α,β-unsaturated/α-hetero) is 1. The maximum atomic E-state index is 13.3. The van der Waals surface area contributed by atoms with Gasteiger partial charge in [-0.2, -0.15) is 5.26 Å². The first-order valence-electron chi connectivity index (χ1n) is 11.9. The largest absolute Gasteiger partial charge is 0.462 e. The standard InChI is InChI=1S/C27H27N3O3S/c1-2-33-27(32)23-17-11-6-7-14-21(17)34-26(23)30-19-12-8-13-20(31)24(19)22(18(15-28)25(30)29)16-9-4-3-5-10-16/h3-5,9-10,22H,2,6-8,11-14,29H2,1H3/t22-/m1/s1. The second-order valence-corrected chi connectivity index (χ2v) is 9.92. The van der Waals surface area contributed by atoms with Gasteiger partial charge in [0.2, 0.25) is 0 Å². The lowest BCUT2D eigenvalue weighted by atomic mass is 9.75. The highest BCUT2D eigenvalue weighted by Gasteiger charge is 2.42. The van der Waals surface area contributed by atoms with E-state index in [9.17, 15) is 14.9 Å². The van der Waals surface area contributed by atoms with Crippen molar-refractivity contribution in [3.05, 3.63) is 74.6 Å². The third kappa shape index (κ3) is 3.54. The van der Waals surface area contributed by atoms with Crippen LogP contribution in [0.25, 0.3) is 0 Å². The highest BCUT2D eigenvalue weighted by atomic mass is 32.1. The molecule has 34 heavy (non-hydrogen) atoms. The molecule has 0 unspecified atom stereocenters. The Balaban J connectivity index is 1.76. The Morgan fingerprint density at radius 3 is 2.68 bits per heavy atom. The Labute approximate surface area is 203 Å². The lowest BCUT2D eigenvalue weighted by Gasteiger charge is -2.39. The second-order valence-electron chi connectivity index (χ2n) is 8.84. The van der Waals surface area contributed by atoms with Crippen molar-refractivity contribution in [1.82, 2.24) is 0 Å². The average molecular weight is 474 g/mol. The van der Waals surface area contributed by atoms with Gasteiger partial charge in [-0.15, -0.1) is 11.3 Å². The average Bonchev–Trinajstić information content (AvgIpc) is 3.23. The zero-order chi connectivity index (χ0) is 23.8. The Morgan fingerprint density at radius 2 is 1.94 bits per heavy atom. The molecule has 0 radical (unpaired) electrons. The van der Waals surface area contributed by atoms with E-state index in [2.05, 4.69) is 6.07 Å². The highest BCUT2D eigenvalue weighted by molar-refractivity contribution is 7.16. The fourth-order valence-electron chi connectivity index (χ4n) is 5.42. The number of ether oxygens (including phenoxy) is 1. The van der Waals surface area contributed by atoms with Gasteiger partial charge in [0.1, 0.15) is 10.8 Å². The number of aryl methyl sites for hydroxylation is 1. The molecular weight excluding hydrogens is 446 g/mol. The minimum absolute atomic E-state index is 0.0411. The van der Waals surface area contributed by atoms with Crippen molar-refractivity contribution < 1.29 is 14.3 Å². The summed E-state index contributed by atoms with van der Waals surface area (Å²) in [6.45, 7) is 2.07. The van der Waals surface area contributed by atoms with E-state index in [4.69, 9.17) is 10.5 Å². The molecule has 2 aliphatic carbocycles. The van der Waals surface area contributed by atoms with Gasteiger partial charge < -0.3 is 10.5 Å². The molecule has 0 fully saturated rings. The van der Waals surface area contributed by atoms with Crippen LogP contribution in [-0.2, 0) is 22.4 Å². The number of fused-ring (bicyclic) bond motifs is 1. The number of allylic oxidation sites excluding steroid dienone is 3. The van der Waals surface area contributed by atoms with Crippen LogP contribution in [0.2, 0.25) is 0 Å². The van der Waals surface area contributed by atoms with Crippen LogP contribution in [0, 0.1) is 11.3 Å². The molecule has 2 heterocycles. The van der Waals surface area contributed by atoms with Gasteiger partial charge in [-0.1, -0.05) is 30.3 Å². The number of ketones is 1. The van der Waals surface area contributed by atoms with E-state index in [1.165, 1.54) is 4.88 Å². The first-order valence-corrected chi connectivity index (χ1v) is 12.7. The van der Waals surface area contributed by atoms with Crippen molar-refractivity contribution in [3.63, 3.8) is 0 Å². The van der Waals surface area contributed by atoms with Gasteiger partial charge in [-0.3, -0.25) is 9.69 Å². The molecule has 2 aromatic rings. The quantitative estimate of drug-likeness (QED) is 0.620. The third-order valence-corrected chi connectivity index (χ3v) is 8.16. The normalized spacial score (nSPS) is 20.1. The summed E-state index contributed by atoms with van der Waals surface area (Å²) >= 11 is 1.55. The van der Waals surface area contributed by atoms with E-state index >= 15 is 0 Å². The lowest BCUT2D eigenvalue weighted by molar-refractivity contribution is -0.116. The zero-order valence-corrected chi connectivity index (χ0v) is 20.0. The Bertz CT molecular complexity index is 1270. The predicted molar refractivity (Wildman–Crippen MR) is 131 cm³/mol. The molecule has 1 aromatic carbocycles. The molecule has 5 rings (SSSR count). The molecule has 6 nitrogen and oxygen atoms in total. The SMILES string of the molecule is CCOC(=O)c1c(N2C(N)=C(C#N)[C@@H](c3ccccc3)C3=C2CCCC3=O)sc2c1CCCC2. The van der Waals surface area contributed by atoms with Crippen molar-refractivity contribution in [1.29, 1.82) is 5.26 Å². The summed E-state index contributed by atoms with van der Waals surface area (Å²) in [5.74, 6) is -0.517. The van der Waals surface area contributed by atoms with Crippen LogP contribution in [0.4, 0.5) is 5.00 Å². The number of nitriles is 1. The van der Waals surface area contributed by atoms with Crippen LogP contribution in [0.15, 0.2) is 53.0 Å². The molecule has 174 valence electrons. The molecule has 3 aliphatic rings. The van der Waals surface area contributed by atoms with Gasteiger partial charge in [-0.05, 0) is 56.6 Å². The van der Waals surface area contributed by atoms with E-state index in [-0.39, 0.29) is 18.4 Å². The van der Waals surface area contributed by atoms with Crippen molar-refractivity contribution in [3.8, 4) is 6.07 Å². The fraction of sp³-hybridized carbons (Fsp3) is 0.370. The smallest absolute Gasteiger partial charge is 0.341 e. The topological polar surface area (TPSA) is 96.4 Å². The second kappa shape index (κ2) is 9.11. The summed E-state index contributed by atoms with van der Waals surface area (Å²) in [5, 5.41) is 10.9. The lowest BCUT2D eigenvalue weighted by Crippen LogP contribution is -2.39. The summed E-state index contributed by atoms with van der Waals surface area (Å²) < 4.78 is 5.46. The number of carbonyl (C=O) groups excluding carboxylic acids is 2. The number of hydrogen-bond donors (Lipinski definition) is 1. The number of thiophene rings is 1. The Morgan fingerprint density at radius 1 is 1.18 bits per heavy atom. The molecule has 1 aromatic heterocycles. The molecular formula is C27H27N3O3S. The maximum absolute atomic E-state index is 13.3. The van der Waals surface area contributed by atoms with Crippen molar-refractivity contribution in [2.45, 2.75) is 57.8 Å². The minimum atomic E-state index is -0.495. The highest BCUT2D eigenvalue weighted by Crippen LogP contribution is 2.50. The molecule has 2 N–H and O–H groups in total. The summed E-state index contributed by atoms with van der Waals surface area (Å²) in [6.07, 6.45) is 5.64. The van der Waals surface area contributed by atoms with Crippen LogP contribution < -0.4 is 10.6 Å². The fourth-order valence-corrected chi connectivity index (χ4v) is 6.84. The molecule has 7 heteroatoms. The molecule has 1 aliphatic heterocycles. The molecule has 0 bridgehead atoms. The minimum Gasteiger partial charge on any atom is -0.462 e. The molecule has 0 spiro atoms. The van der Waals surface area contributed by atoms with Crippen LogP contribution >= 0.6 is 11.3 Å². The van der Waals surface area contributed by atoms with Crippen LogP contribution in [0.5, 0.6) is 0 Å². The van der Waals surface area contributed by atoms with Gasteiger partial charge in [0.15, 0.2) is 5.78 Å². The summed E-state index contributed by atoms with van der Waals surface area (Å²) in [4.78, 5) is 29.5. The third-order valence-electron chi connectivity index (χ3n) is 6.88. The molecule has 0 saturated carbocycles. The Kier molecular flexibility index (Phi) is 6.01. The maximum Gasteiger partial charge on any atom is 0.341 e. The summed E-state index contributed by atoms with van der Waals surface area (Å²) in [5.41, 5.74) is 11.0.